The summed E-state index contributed by atoms with van der Waals surface area (Å²) in [5.41, 5.74) is -0.177. The average molecular weight is 759 g/mol. The molecule has 0 radical (unpaired) electrons. The molecule has 0 aliphatic carbocycles. The highest BCUT2D eigenvalue weighted by molar-refractivity contribution is 8.03. The number of thioether (sulfide) groups is 1. The Bertz CT molecular complexity index is 1410. The van der Waals surface area contributed by atoms with Gasteiger partial charge in [0.1, 0.15) is 42.0 Å². The third-order valence-corrected chi connectivity index (χ3v) is 9.96. The molecule has 3 heterocycles. The van der Waals surface area contributed by atoms with Gasteiger partial charge in [0.25, 0.3) is 5.69 Å². The van der Waals surface area contributed by atoms with Crippen LogP contribution in [0.25, 0.3) is 0 Å². The second kappa shape index (κ2) is 19.7. The van der Waals surface area contributed by atoms with Gasteiger partial charge in [-0.25, -0.2) is 4.79 Å². The molecule has 1 saturated heterocycles. The number of nitrogens with one attached hydrogen (secondary N) is 1. The first-order valence-electron chi connectivity index (χ1n) is 17.1. The molecule has 18 nitrogen and oxygen atoms in total. The van der Waals surface area contributed by atoms with Crippen molar-refractivity contribution in [3.8, 4) is 5.75 Å². The number of unbranched alkanes of at least 4 members (excludes halogenated alkanes) is 4. The van der Waals surface area contributed by atoms with Crippen LogP contribution < -0.4 is 10.1 Å². The summed E-state index contributed by atoms with van der Waals surface area (Å²) >= 11 is 1.20. The lowest BCUT2D eigenvalue weighted by molar-refractivity contribution is -0.384. The van der Waals surface area contributed by atoms with Crippen molar-refractivity contribution in [1.29, 1.82) is 0 Å². The van der Waals surface area contributed by atoms with Crippen molar-refractivity contribution in [3.63, 3.8) is 0 Å². The van der Waals surface area contributed by atoms with Crippen molar-refractivity contribution in [3.05, 3.63) is 45.0 Å². The quantitative estimate of drug-likeness (QED) is 0.0243. The van der Waals surface area contributed by atoms with Crippen LogP contribution in [0.5, 0.6) is 5.75 Å². The number of amides is 1. The van der Waals surface area contributed by atoms with Gasteiger partial charge in [-0.2, -0.15) is 0 Å². The van der Waals surface area contributed by atoms with Gasteiger partial charge in [-0.1, -0.05) is 12.8 Å². The minimum atomic E-state index is -1.53. The van der Waals surface area contributed by atoms with Crippen molar-refractivity contribution in [2.45, 2.75) is 106 Å². The van der Waals surface area contributed by atoms with E-state index in [9.17, 15) is 55.1 Å². The highest BCUT2D eigenvalue weighted by Crippen LogP contribution is 2.47. The third kappa shape index (κ3) is 11.1. The number of esters is 1. The molecule has 19 heteroatoms. The van der Waals surface area contributed by atoms with Crippen LogP contribution >= 0.6 is 11.8 Å². The number of aliphatic hydroxyl groups is 6. The van der Waals surface area contributed by atoms with Gasteiger partial charge >= 0.3 is 5.97 Å². The highest BCUT2D eigenvalue weighted by atomic mass is 32.2. The zero-order chi connectivity index (χ0) is 37.8. The Labute approximate surface area is 303 Å². The number of rotatable bonds is 19. The van der Waals surface area contributed by atoms with Crippen LogP contribution in [0.2, 0.25) is 0 Å². The minimum absolute atomic E-state index is 0.0166. The van der Waals surface area contributed by atoms with E-state index in [0.717, 1.165) is 25.0 Å². The van der Waals surface area contributed by atoms with Gasteiger partial charge in [0, 0.05) is 37.9 Å². The van der Waals surface area contributed by atoms with E-state index < -0.39 is 78.6 Å². The summed E-state index contributed by atoms with van der Waals surface area (Å²) in [6.07, 6.45) is -5.51. The number of benzene rings is 1. The van der Waals surface area contributed by atoms with Crippen molar-refractivity contribution in [1.82, 2.24) is 5.32 Å². The molecule has 52 heavy (non-hydrogen) atoms. The van der Waals surface area contributed by atoms with Gasteiger partial charge in [-0.15, -0.1) is 11.8 Å². The Morgan fingerprint density at radius 2 is 1.75 bits per heavy atom. The molecular weight excluding hydrogens is 712 g/mol. The maximum absolute atomic E-state index is 12.2. The Hall–Kier alpha value is -3.24. The number of carbonyl (C=O) groups excluding carboxylic acids is 3. The van der Waals surface area contributed by atoms with Crippen LogP contribution in [0.3, 0.4) is 0 Å². The molecule has 1 spiro atoms. The van der Waals surface area contributed by atoms with Gasteiger partial charge in [0.2, 0.25) is 17.5 Å². The molecule has 1 unspecified atom stereocenters. The molecule has 0 saturated carbocycles. The number of ether oxygens (including phenoxy) is 5. The topological polar surface area (TPSA) is 274 Å². The molecular formula is C33H46N2O16S. The van der Waals surface area contributed by atoms with Crippen molar-refractivity contribution < 1.29 is 73.6 Å². The number of carbonyl (C=O) groups is 3. The van der Waals surface area contributed by atoms with Crippen LogP contribution in [0.15, 0.2) is 34.9 Å². The predicted molar refractivity (Wildman–Crippen MR) is 179 cm³/mol. The molecule has 1 amide bonds. The molecule has 7 N–H and O–H groups in total. The first kappa shape index (κ1) is 41.5. The number of non-ortho nitro benzene ring substituents is 1. The maximum Gasteiger partial charge on any atom is 0.379 e. The number of nitro benzene ring substituents is 1. The minimum Gasteiger partial charge on any atom is -0.462 e. The van der Waals surface area contributed by atoms with Crippen LogP contribution in [0.1, 0.15) is 57.8 Å². The zero-order valence-electron chi connectivity index (χ0n) is 28.4. The number of nitrogens with zero attached hydrogens (tertiary/aromatic N) is 1. The van der Waals surface area contributed by atoms with Crippen LogP contribution in [-0.4, -0.2) is 134 Å². The number of hydrogen-bond acceptors (Lipinski definition) is 17. The highest BCUT2D eigenvalue weighted by Gasteiger charge is 2.55. The molecule has 3 aliphatic heterocycles. The Kier molecular flexibility index (Phi) is 15.7. The monoisotopic (exact) mass is 758 g/mol. The van der Waals surface area contributed by atoms with E-state index in [-0.39, 0.29) is 54.7 Å². The number of aliphatic hydroxyl groups excluding tert-OH is 6. The lowest BCUT2D eigenvalue weighted by Crippen LogP contribution is -2.62. The molecule has 1 fully saturated rings. The first-order valence-corrected chi connectivity index (χ1v) is 18.1. The van der Waals surface area contributed by atoms with E-state index in [1.807, 2.05) is 0 Å². The summed E-state index contributed by atoms with van der Waals surface area (Å²) in [4.78, 5) is 46.7. The van der Waals surface area contributed by atoms with E-state index in [2.05, 4.69) is 5.32 Å². The average Bonchev–Trinajstić information content (AvgIpc) is 3.13. The zero-order valence-corrected chi connectivity index (χ0v) is 29.2. The van der Waals surface area contributed by atoms with E-state index in [1.165, 1.54) is 23.9 Å². The number of nitro groups is 1. The third-order valence-electron chi connectivity index (χ3n) is 8.67. The van der Waals surface area contributed by atoms with Crippen molar-refractivity contribution in [2.24, 2.45) is 0 Å². The number of hydrogen-bond donors (Lipinski definition) is 7. The normalized spacial score (nSPS) is 27.7. The SMILES string of the molecule is O=C(CCCCC(=O)C(=O)Oc1ccc([N+](=O)[O-])cc1)NCCCCCCOC1O[C@H](CO)[C@H](O)C2=C1SC[C@]1(C[C@H](O)[C@H](O)[C@H]([C@H](O)CO)O1)O2. The second-order valence-electron chi connectivity index (χ2n) is 12.7. The fourth-order valence-corrected chi connectivity index (χ4v) is 6.99. The number of ketones is 1. The molecule has 4 rings (SSSR count). The van der Waals surface area contributed by atoms with Crippen LogP contribution in [0.4, 0.5) is 5.69 Å². The van der Waals surface area contributed by atoms with Gasteiger partial charge in [0.15, 0.2) is 6.29 Å². The van der Waals surface area contributed by atoms with Crippen molar-refractivity contribution in [2.75, 3.05) is 32.1 Å². The molecule has 1 aromatic rings. The lowest BCUT2D eigenvalue weighted by atomic mass is 9.93. The molecule has 0 aromatic heterocycles. The lowest BCUT2D eigenvalue weighted by Gasteiger charge is -2.50. The van der Waals surface area contributed by atoms with E-state index >= 15 is 0 Å². The fourth-order valence-electron chi connectivity index (χ4n) is 5.80. The molecule has 290 valence electrons. The molecule has 3 aliphatic rings. The molecule has 1 aromatic carbocycles. The summed E-state index contributed by atoms with van der Waals surface area (Å²) in [6, 6.07) is 4.76. The summed E-state index contributed by atoms with van der Waals surface area (Å²) in [6.45, 7) is -0.529. The Balaban J connectivity index is 1.10. The second-order valence-corrected chi connectivity index (χ2v) is 13.7. The first-order chi connectivity index (χ1) is 24.9. The van der Waals surface area contributed by atoms with Gasteiger partial charge in [-0.3, -0.25) is 19.7 Å². The number of Topliss-reactive ketones (excluding diaryl/α,β-unsaturated/α-hetero) is 1. The van der Waals surface area contributed by atoms with Crippen molar-refractivity contribution >= 4 is 35.1 Å². The largest absolute Gasteiger partial charge is 0.462 e. The van der Waals surface area contributed by atoms with Crippen LogP contribution in [0, 0.1) is 10.1 Å². The van der Waals surface area contributed by atoms with E-state index in [0.29, 0.717) is 37.1 Å². The summed E-state index contributed by atoms with van der Waals surface area (Å²) in [7, 11) is 0. The summed E-state index contributed by atoms with van der Waals surface area (Å²) < 4.78 is 28.6. The van der Waals surface area contributed by atoms with E-state index in [4.69, 9.17) is 23.7 Å². The van der Waals surface area contributed by atoms with Gasteiger partial charge < -0.3 is 59.6 Å². The van der Waals surface area contributed by atoms with Gasteiger partial charge in [0.05, 0.1) is 41.5 Å². The molecule has 0 bridgehead atoms. The van der Waals surface area contributed by atoms with Crippen LogP contribution in [-0.2, 0) is 33.3 Å². The smallest absolute Gasteiger partial charge is 0.379 e. The van der Waals surface area contributed by atoms with Gasteiger partial charge in [-0.05, 0) is 37.8 Å². The van der Waals surface area contributed by atoms with E-state index in [1.54, 1.807) is 0 Å². The summed E-state index contributed by atoms with van der Waals surface area (Å²) in [5.74, 6) is -3.40. The Morgan fingerprint density at radius 3 is 2.44 bits per heavy atom. The fraction of sp³-hybridized carbons (Fsp3) is 0.667. The standard InChI is InChI=1S/C33H46N2O16S/c36-16-23(40)28-26(42)22(39)15-33(50-28)18-52-30-29(51-33)27(43)24(17-37)49-32(30)47-14-6-2-1-5-13-34-25(41)8-4-3-7-21(38)31(44)48-20-11-9-19(10-12-20)35(45)46/h9-12,22-24,26-28,32,36-37,39-40,42-43H,1-8,13-18H2,(H,34,41)/t22-,23+,24+,26-,27-,28-,32?,33-/m0/s1. The maximum atomic E-state index is 12.2. The predicted octanol–water partition coefficient (Wildman–Crippen LogP) is -0.0638. The molecule has 8 atom stereocenters. The Morgan fingerprint density at radius 1 is 1.04 bits per heavy atom. The summed E-state index contributed by atoms with van der Waals surface area (Å²) in [5, 5.41) is 74.5.